The first-order valence-corrected chi connectivity index (χ1v) is 11.2. The number of thioether (sulfide) groups is 1. The molecule has 1 saturated carbocycles. The van der Waals surface area contributed by atoms with Gasteiger partial charge in [0.25, 0.3) is 0 Å². The van der Waals surface area contributed by atoms with Gasteiger partial charge in [-0.15, -0.1) is 0 Å². The number of nitrogen functional groups attached to an aromatic ring is 1. The van der Waals surface area contributed by atoms with Crippen molar-refractivity contribution in [3.63, 3.8) is 0 Å². The zero-order valence-corrected chi connectivity index (χ0v) is 17.3. The molecule has 3 aliphatic rings. The number of benzene rings is 2. The lowest BCUT2D eigenvalue weighted by atomic mass is 9.83. The number of allylic oxidation sites excluding steroid dienone is 1. The van der Waals surface area contributed by atoms with Gasteiger partial charge in [0.2, 0.25) is 0 Å². The number of nitrogens with two attached hydrogens (primary N) is 1. The Bertz CT molecular complexity index is 998. The zero-order chi connectivity index (χ0) is 19.6. The van der Waals surface area contributed by atoms with E-state index in [0.717, 1.165) is 17.9 Å². The maximum absolute atomic E-state index is 5.87. The first-order valence-electron chi connectivity index (χ1n) is 10.4. The standard InChI is InChI=1S/C24H26N4S/c25-17-10-12-18(13-11-17)29-23-14-22(27-21-9-5-4-8-19(21)23)20-15-26-28-24(20)16-6-2-1-3-7-16/h4-5,8-14,16,26-27H,1-3,6-7,15,25H2. The van der Waals surface area contributed by atoms with Crippen LogP contribution in [-0.4, -0.2) is 12.3 Å². The first-order chi connectivity index (χ1) is 14.3. The highest BCUT2D eigenvalue weighted by Gasteiger charge is 2.28. The molecule has 2 aliphatic heterocycles. The van der Waals surface area contributed by atoms with Crippen LogP contribution in [0.1, 0.15) is 37.7 Å². The Morgan fingerprint density at radius 1 is 0.966 bits per heavy atom. The zero-order valence-electron chi connectivity index (χ0n) is 16.4. The quantitative estimate of drug-likeness (QED) is 0.583. The minimum atomic E-state index is 0.585. The summed E-state index contributed by atoms with van der Waals surface area (Å²) in [6.07, 6.45) is 8.80. The number of para-hydroxylation sites is 1. The van der Waals surface area contributed by atoms with Crippen molar-refractivity contribution in [2.75, 3.05) is 17.6 Å². The number of anilines is 2. The van der Waals surface area contributed by atoms with Crippen molar-refractivity contribution < 1.29 is 0 Å². The number of nitrogens with zero attached hydrogens (tertiary/aromatic N) is 1. The maximum Gasteiger partial charge on any atom is 0.0705 e. The highest BCUT2D eigenvalue weighted by Crippen LogP contribution is 2.42. The van der Waals surface area contributed by atoms with Crippen LogP contribution in [0.4, 0.5) is 11.4 Å². The predicted molar refractivity (Wildman–Crippen MR) is 124 cm³/mol. The van der Waals surface area contributed by atoms with Crippen molar-refractivity contribution in [3.05, 3.63) is 71.4 Å². The molecule has 148 valence electrons. The Labute approximate surface area is 176 Å². The highest BCUT2D eigenvalue weighted by molar-refractivity contribution is 8.08. The van der Waals surface area contributed by atoms with Crippen molar-refractivity contribution in [1.29, 1.82) is 0 Å². The van der Waals surface area contributed by atoms with Gasteiger partial charge in [0.05, 0.1) is 12.3 Å². The Balaban J connectivity index is 1.52. The van der Waals surface area contributed by atoms with Gasteiger partial charge in [-0.25, -0.2) is 0 Å². The van der Waals surface area contributed by atoms with E-state index in [2.05, 4.69) is 53.2 Å². The minimum Gasteiger partial charge on any atom is -0.399 e. The Morgan fingerprint density at radius 2 is 1.76 bits per heavy atom. The van der Waals surface area contributed by atoms with Gasteiger partial charge in [0.15, 0.2) is 0 Å². The minimum absolute atomic E-state index is 0.585. The average molecular weight is 403 g/mol. The average Bonchev–Trinajstić information content (AvgIpc) is 3.26. The van der Waals surface area contributed by atoms with Crippen molar-refractivity contribution in [2.24, 2.45) is 11.0 Å². The molecule has 0 saturated heterocycles. The van der Waals surface area contributed by atoms with E-state index in [1.165, 1.54) is 64.5 Å². The molecule has 5 rings (SSSR count). The molecule has 2 aromatic carbocycles. The molecule has 5 heteroatoms. The van der Waals surface area contributed by atoms with Gasteiger partial charge < -0.3 is 16.5 Å². The SMILES string of the molecule is Nc1ccc(SC2=CC(=C3CNN=C3C3CCCCC3)Nc3ccccc32)cc1. The fourth-order valence-electron chi connectivity index (χ4n) is 4.42. The Kier molecular flexibility index (Phi) is 5.06. The summed E-state index contributed by atoms with van der Waals surface area (Å²) in [7, 11) is 0. The fourth-order valence-corrected chi connectivity index (χ4v) is 5.41. The summed E-state index contributed by atoms with van der Waals surface area (Å²) in [5.74, 6) is 0.585. The third kappa shape index (κ3) is 3.79. The molecule has 0 amide bonds. The predicted octanol–water partition coefficient (Wildman–Crippen LogP) is 5.62. The molecule has 0 aromatic heterocycles. The van der Waals surface area contributed by atoms with Gasteiger partial charge in [-0.2, -0.15) is 5.10 Å². The molecule has 1 aliphatic carbocycles. The lowest BCUT2D eigenvalue weighted by molar-refractivity contribution is 0.439. The van der Waals surface area contributed by atoms with Crippen molar-refractivity contribution >= 4 is 33.8 Å². The van der Waals surface area contributed by atoms with Gasteiger partial charge in [-0.05, 0) is 49.2 Å². The summed E-state index contributed by atoms with van der Waals surface area (Å²) < 4.78 is 0. The number of nitrogens with one attached hydrogen (secondary N) is 2. The molecule has 29 heavy (non-hydrogen) atoms. The lowest BCUT2D eigenvalue weighted by Crippen LogP contribution is -2.21. The van der Waals surface area contributed by atoms with E-state index in [1.54, 1.807) is 11.8 Å². The molecule has 2 aromatic rings. The number of hydrogen-bond donors (Lipinski definition) is 3. The number of hydrogen-bond acceptors (Lipinski definition) is 5. The lowest BCUT2D eigenvalue weighted by Gasteiger charge is -2.26. The van der Waals surface area contributed by atoms with Gasteiger partial charge in [-0.3, -0.25) is 0 Å². The van der Waals surface area contributed by atoms with E-state index in [1.807, 2.05) is 12.1 Å². The van der Waals surface area contributed by atoms with E-state index < -0.39 is 0 Å². The van der Waals surface area contributed by atoms with Gasteiger partial charge in [-0.1, -0.05) is 49.2 Å². The van der Waals surface area contributed by atoms with E-state index in [-0.39, 0.29) is 0 Å². The van der Waals surface area contributed by atoms with Gasteiger partial charge in [0, 0.05) is 43.9 Å². The second kappa shape index (κ2) is 7.99. The monoisotopic (exact) mass is 402 g/mol. The highest BCUT2D eigenvalue weighted by atomic mass is 32.2. The normalized spacial score (nSPS) is 21.7. The van der Waals surface area contributed by atoms with Gasteiger partial charge >= 0.3 is 0 Å². The molecule has 2 heterocycles. The first kappa shape index (κ1) is 18.4. The van der Waals surface area contributed by atoms with E-state index in [4.69, 9.17) is 10.8 Å². The molecule has 4 nitrogen and oxygen atoms in total. The van der Waals surface area contributed by atoms with Crippen LogP contribution in [0.15, 0.2) is 75.9 Å². The van der Waals surface area contributed by atoms with Crippen LogP contribution in [0.25, 0.3) is 4.91 Å². The summed E-state index contributed by atoms with van der Waals surface area (Å²) in [4.78, 5) is 2.44. The molecule has 0 atom stereocenters. The van der Waals surface area contributed by atoms with Crippen LogP contribution in [-0.2, 0) is 0 Å². The van der Waals surface area contributed by atoms with E-state index in [9.17, 15) is 0 Å². The summed E-state index contributed by atoms with van der Waals surface area (Å²) in [5.41, 5.74) is 16.1. The van der Waals surface area contributed by atoms with E-state index in [0.29, 0.717) is 5.92 Å². The summed E-state index contributed by atoms with van der Waals surface area (Å²) in [6.45, 7) is 0.798. The largest absolute Gasteiger partial charge is 0.399 e. The summed E-state index contributed by atoms with van der Waals surface area (Å²) in [5, 5.41) is 8.39. The molecule has 1 fully saturated rings. The Morgan fingerprint density at radius 3 is 2.59 bits per heavy atom. The molecular formula is C24H26N4S. The molecule has 0 bridgehead atoms. The number of fused-ring (bicyclic) bond motifs is 1. The summed E-state index contributed by atoms with van der Waals surface area (Å²) in [6, 6.07) is 16.6. The molecule has 0 radical (unpaired) electrons. The van der Waals surface area contributed by atoms with Crippen LogP contribution in [0.5, 0.6) is 0 Å². The molecule has 4 N–H and O–H groups in total. The fraction of sp³-hybridized carbons (Fsp3) is 0.292. The summed E-state index contributed by atoms with van der Waals surface area (Å²) >= 11 is 1.79. The van der Waals surface area contributed by atoms with Crippen LogP contribution in [0, 0.1) is 5.92 Å². The van der Waals surface area contributed by atoms with Crippen LogP contribution >= 0.6 is 11.8 Å². The van der Waals surface area contributed by atoms with Crippen LogP contribution < -0.4 is 16.5 Å². The van der Waals surface area contributed by atoms with Crippen LogP contribution in [0.3, 0.4) is 0 Å². The van der Waals surface area contributed by atoms with Crippen LogP contribution in [0.2, 0.25) is 0 Å². The number of hydrazone groups is 1. The topological polar surface area (TPSA) is 62.4 Å². The third-order valence-electron chi connectivity index (χ3n) is 5.93. The smallest absolute Gasteiger partial charge is 0.0705 e. The van der Waals surface area contributed by atoms with Crippen molar-refractivity contribution in [3.8, 4) is 0 Å². The van der Waals surface area contributed by atoms with Gasteiger partial charge in [0.1, 0.15) is 0 Å². The van der Waals surface area contributed by atoms with E-state index >= 15 is 0 Å². The second-order valence-electron chi connectivity index (χ2n) is 7.91. The number of rotatable bonds is 3. The molecular weight excluding hydrogens is 376 g/mol. The third-order valence-corrected chi connectivity index (χ3v) is 6.99. The molecule has 0 unspecified atom stereocenters. The Hall–Kier alpha value is -2.66. The molecule has 0 spiro atoms. The maximum atomic E-state index is 5.87. The van der Waals surface area contributed by atoms with Crippen molar-refractivity contribution in [1.82, 2.24) is 5.43 Å². The second-order valence-corrected chi connectivity index (χ2v) is 9.02. The van der Waals surface area contributed by atoms with Crippen molar-refractivity contribution in [2.45, 2.75) is 37.0 Å².